The van der Waals surface area contributed by atoms with E-state index in [1.165, 1.54) is 70.6 Å². The Morgan fingerprint density at radius 2 is 1.29 bits per heavy atom. The number of hydrogen-bond acceptors (Lipinski definition) is 1. The molecule has 0 bridgehead atoms. The fourth-order valence-corrected chi connectivity index (χ4v) is 2.24. The fraction of sp³-hybridized carbons (Fsp3) is 0.722. The van der Waals surface area contributed by atoms with Gasteiger partial charge in [0.15, 0.2) is 0 Å². The third-order valence-electron chi connectivity index (χ3n) is 3.46. The summed E-state index contributed by atoms with van der Waals surface area (Å²) in [5.74, 6) is -0.885. The molecule has 0 aromatic rings. The zero-order chi connectivity index (χ0) is 14.9. The second-order valence-corrected chi connectivity index (χ2v) is 5.45. The smallest absolute Gasteiger partial charge is 0.328 e. The van der Waals surface area contributed by atoms with Crippen LogP contribution in [0.1, 0.15) is 84.0 Å². The van der Waals surface area contributed by atoms with Crippen LogP contribution in [0.15, 0.2) is 24.3 Å². The third kappa shape index (κ3) is 22.0. The molecule has 0 saturated carbocycles. The molecule has 0 aliphatic carbocycles. The molecule has 0 aliphatic rings. The van der Waals surface area contributed by atoms with Crippen molar-refractivity contribution in [3.05, 3.63) is 24.3 Å². The van der Waals surface area contributed by atoms with Gasteiger partial charge in [-0.25, -0.2) is 4.79 Å². The Bertz CT molecular complexity index is 272. The zero-order valence-electron chi connectivity index (χ0n) is 13.9. The van der Waals surface area contributed by atoms with Crippen LogP contribution in [-0.2, 0) is 24.3 Å². The van der Waals surface area contributed by atoms with E-state index in [1.807, 2.05) is 12.2 Å². The van der Waals surface area contributed by atoms with Crippen molar-refractivity contribution < 1.29 is 29.4 Å². The molecule has 3 heteroatoms. The van der Waals surface area contributed by atoms with Crippen molar-refractivity contribution in [3.8, 4) is 0 Å². The van der Waals surface area contributed by atoms with Gasteiger partial charge in [0.05, 0.1) is 0 Å². The maximum absolute atomic E-state index is 10.2. The summed E-state index contributed by atoms with van der Waals surface area (Å²) in [6.45, 7) is 2.26. The predicted octanol–water partition coefficient (Wildman–Crippen LogP) is 5.88. The predicted molar refractivity (Wildman–Crippen MR) is 87.0 cm³/mol. The van der Waals surface area contributed by atoms with Crippen molar-refractivity contribution in [1.29, 1.82) is 0 Å². The molecule has 118 valence electrons. The third-order valence-corrected chi connectivity index (χ3v) is 3.46. The maximum atomic E-state index is 10.2. The van der Waals surface area contributed by atoms with Gasteiger partial charge in [0, 0.05) is 25.6 Å². The first-order valence-electron chi connectivity index (χ1n) is 8.33. The monoisotopic (exact) mass is 344 g/mol. The van der Waals surface area contributed by atoms with E-state index in [-0.39, 0.29) is 19.5 Å². The Morgan fingerprint density at radius 3 is 1.76 bits per heavy atom. The molecule has 0 amide bonds. The Kier molecular flexibility index (Phi) is 21.3. The summed E-state index contributed by atoms with van der Waals surface area (Å²) >= 11 is 0. The summed E-state index contributed by atoms with van der Waals surface area (Å²) in [7, 11) is 0. The van der Waals surface area contributed by atoms with E-state index >= 15 is 0 Å². The average molecular weight is 346 g/mol. The van der Waals surface area contributed by atoms with Crippen molar-refractivity contribution in [2.45, 2.75) is 84.0 Å². The van der Waals surface area contributed by atoms with Crippen LogP contribution in [0.2, 0.25) is 0 Å². The summed E-state index contributed by atoms with van der Waals surface area (Å²) in [5, 5.41) is 8.40. The fourth-order valence-electron chi connectivity index (χ4n) is 2.24. The van der Waals surface area contributed by atoms with Gasteiger partial charge in [-0.3, -0.25) is 0 Å². The van der Waals surface area contributed by atoms with Crippen molar-refractivity contribution in [1.82, 2.24) is 0 Å². The van der Waals surface area contributed by atoms with Crippen LogP contribution in [-0.4, -0.2) is 11.1 Å². The molecule has 0 aromatic carbocycles. The van der Waals surface area contributed by atoms with Crippen LogP contribution in [0, 0.1) is 0 Å². The SMILES string of the molecule is CCCCCCCCCCCCCC=CC=CC(=O)O.[Zn]. The number of carboxylic acid groups (broad SMARTS) is 1. The summed E-state index contributed by atoms with van der Waals surface area (Å²) in [5.41, 5.74) is 0. The Morgan fingerprint density at radius 1 is 0.810 bits per heavy atom. The molecule has 0 fully saturated rings. The van der Waals surface area contributed by atoms with Gasteiger partial charge >= 0.3 is 5.97 Å². The molecule has 0 aromatic heterocycles. The minimum Gasteiger partial charge on any atom is -0.478 e. The molecule has 0 spiro atoms. The van der Waals surface area contributed by atoms with Crippen LogP contribution in [0.25, 0.3) is 0 Å². The molecule has 0 radical (unpaired) electrons. The molecule has 0 heterocycles. The van der Waals surface area contributed by atoms with Crippen molar-refractivity contribution in [3.63, 3.8) is 0 Å². The molecule has 2 nitrogen and oxygen atoms in total. The average Bonchev–Trinajstić information content (AvgIpc) is 2.43. The van der Waals surface area contributed by atoms with E-state index in [0.29, 0.717) is 0 Å². The number of allylic oxidation sites excluding steroid dienone is 3. The minimum atomic E-state index is -0.885. The van der Waals surface area contributed by atoms with E-state index in [1.54, 1.807) is 6.08 Å². The van der Waals surface area contributed by atoms with E-state index in [9.17, 15) is 4.79 Å². The van der Waals surface area contributed by atoms with Crippen LogP contribution in [0.3, 0.4) is 0 Å². The summed E-state index contributed by atoms with van der Waals surface area (Å²) in [6, 6.07) is 0. The van der Waals surface area contributed by atoms with Gasteiger partial charge in [0.1, 0.15) is 0 Å². The Hall–Kier alpha value is -0.427. The molecular formula is C18H32O2Zn. The Labute approximate surface area is 143 Å². The van der Waals surface area contributed by atoms with Gasteiger partial charge in [-0.15, -0.1) is 0 Å². The quantitative estimate of drug-likeness (QED) is 0.185. The number of carbonyl (C=O) groups is 1. The number of hydrogen-bond donors (Lipinski definition) is 1. The van der Waals surface area contributed by atoms with E-state index in [0.717, 1.165) is 12.5 Å². The van der Waals surface area contributed by atoms with Gasteiger partial charge in [0.2, 0.25) is 0 Å². The summed E-state index contributed by atoms with van der Waals surface area (Å²) in [4.78, 5) is 10.2. The van der Waals surface area contributed by atoms with Crippen molar-refractivity contribution in [2.24, 2.45) is 0 Å². The molecule has 0 atom stereocenters. The van der Waals surface area contributed by atoms with Gasteiger partial charge in [0.25, 0.3) is 0 Å². The first-order valence-corrected chi connectivity index (χ1v) is 8.33. The minimum absolute atomic E-state index is 0. The Balaban J connectivity index is 0. The van der Waals surface area contributed by atoms with Gasteiger partial charge in [-0.2, -0.15) is 0 Å². The second-order valence-electron chi connectivity index (χ2n) is 5.45. The molecule has 0 unspecified atom stereocenters. The van der Waals surface area contributed by atoms with Gasteiger partial charge in [-0.05, 0) is 12.8 Å². The molecule has 21 heavy (non-hydrogen) atoms. The topological polar surface area (TPSA) is 37.3 Å². The summed E-state index contributed by atoms with van der Waals surface area (Å²) in [6.07, 6.45) is 22.7. The maximum Gasteiger partial charge on any atom is 0.328 e. The summed E-state index contributed by atoms with van der Waals surface area (Å²) < 4.78 is 0. The molecule has 0 aliphatic heterocycles. The molecule has 0 rings (SSSR count). The molecule has 1 N–H and O–H groups in total. The number of carboxylic acids is 1. The van der Waals surface area contributed by atoms with E-state index < -0.39 is 5.97 Å². The van der Waals surface area contributed by atoms with Crippen molar-refractivity contribution >= 4 is 5.97 Å². The standard InChI is InChI=1S/C18H32O2.Zn/c1-2-3-4-5-6-7-8-9-10-11-12-13-14-15-16-17-18(19)20;/h14-17H,2-13H2,1H3,(H,19,20);. The zero-order valence-corrected chi connectivity index (χ0v) is 16.8. The van der Waals surface area contributed by atoms with Crippen molar-refractivity contribution in [2.75, 3.05) is 0 Å². The van der Waals surface area contributed by atoms with Crippen LogP contribution < -0.4 is 0 Å². The first-order chi connectivity index (χ1) is 9.77. The van der Waals surface area contributed by atoms with Gasteiger partial charge in [-0.1, -0.05) is 89.4 Å². The van der Waals surface area contributed by atoms with E-state index in [4.69, 9.17) is 5.11 Å². The van der Waals surface area contributed by atoms with E-state index in [2.05, 4.69) is 6.92 Å². The van der Waals surface area contributed by atoms with Gasteiger partial charge < -0.3 is 5.11 Å². The normalized spacial score (nSPS) is 11.1. The number of aliphatic carboxylic acids is 1. The van der Waals surface area contributed by atoms with Crippen LogP contribution >= 0.6 is 0 Å². The number of unbranched alkanes of at least 4 members (excludes halogenated alkanes) is 11. The van der Waals surface area contributed by atoms with Crippen LogP contribution in [0.4, 0.5) is 0 Å². The second kappa shape index (κ2) is 19.6. The van der Waals surface area contributed by atoms with Crippen LogP contribution in [0.5, 0.6) is 0 Å². The molecule has 0 saturated heterocycles. The number of rotatable bonds is 14. The first kappa shape index (κ1) is 22.8. The largest absolute Gasteiger partial charge is 0.478 e. The molecular weight excluding hydrogens is 314 g/mol.